The zero-order chi connectivity index (χ0) is 38.9. The van der Waals surface area contributed by atoms with Crippen LogP contribution < -0.4 is 0 Å². The molecular formula is C58H42. The molecule has 0 spiro atoms. The van der Waals surface area contributed by atoms with Crippen molar-refractivity contribution in [3.63, 3.8) is 0 Å². The molecule has 0 fully saturated rings. The van der Waals surface area contributed by atoms with E-state index in [2.05, 4.69) is 210 Å². The van der Waals surface area contributed by atoms with Gasteiger partial charge >= 0.3 is 0 Å². The molecule has 0 N–H and O–H groups in total. The summed E-state index contributed by atoms with van der Waals surface area (Å²) in [4.78, 5) is 0. The molecule has 0 aliphatic heterocycles. The summed E-state index contributed by atoms with van der Waals surface area (Å²) in [5.74, 6) is 0. The fourth-order valence-electron chi connectivity index (χ4n) is 10.9. The van der Waals surface area contributed by atoms with Crippen LogP contribution in [-0.4, -0.2) is 0 Å². The first-order chi connectivity index (χ1) is 28.3. The summed E-state index contributed by atoms with van der Waals surface area (Å²) in [7, 11) is 0. The molecule has 0 saturated heterocycles. The Morgan fingerprint density at radius 3 is 1.31 bits per heavy atom. The molecule has 274 valence electrons. The molecule has 0 unspecified atom stereocenters. The molecular weight excluding hydrogens is 697 g/mol. The van der Waals surface area contributed by atoms with Crippen molar-refractivity contribution in [2.45, 2.75) is 38.5 Å². The summed E-state index contributed by atoms with van der Waals surface area (Å²) in [6.45, 7) is 9.61. The largest absolute Gasteiger partial charge is 0.0616 e. The van der Waals surface area contributed by atoms with Gasteiger partial charge in [-0.25, -0.2) is 0 Å². The van der Waals surface area contributed by atoms with Crippen molar-refractivity contribution in [2.75, 3.05) is 0 Å². The van der Waals surface area contributed by atoms with Crippen molar-refractivity contribution in [1.82, 2.24) is 0 Å². The van der Waals surface area contributed by atoms with Crippen LogP contribution in [0.5, 0.6) is 0 Å². The minimum Gasteiger partial charge on any atom is -0.0616 e. The zero-order valence-electron chi connectivity index (χ0n) is 33.3. The van der Waals surface area contributed by atoms with E-state index >= 15 is 0 Å². The van der Waals surface area contributed by atoms with Crippen LogP contribution in [0, 0.1) is 0 Å². The highest BCUT2D eigenvalue weighted by Gasteiger charge is 2.38. The zero-order valence-corrected chi connectivity index (χ0v) is 33.3. The molecule has 0 amide bonds. The van der Waals surface area contributed by atoms with Gasteiger partial charge in [-0.05, 0) is 139 Å². The standard InChI is InChI=1S/C58H42/c1-57(2)50-31-27-36-15-6-8-18-41(36)56(50)49-30-25-38(33-53(49)57)37-24-28-42-43-29-26-39(34-52(43)58(3,4)51(42)32-37)54-45-19-9-11-21-47(45)55(48-22-12-10-20-46(48)54)44-23-13-16-35-14-5-7-17-40(35)44/h5-34H,1-4H3. The maximum absolute atomic E-state index is 2.50. The van der Waals surface area contributed by atoms with Crippen LogP contribution in [0.25, 0.3) is 98.7 Å². The Hall–Kier alpha value is -6.76. The van der Waals surface area contributed by atoms with Crippen LogP contribution in [0.2, 0.25) is 0 Å². The lowest BCUT2D eigenvalue weighted by molar-refractivity contribution is 0.660. The van der Waals surface area contributed by atoms with Crippen molar-refractivity contribution >= 4 is 43.1 Å². The molecule has 0 saturated carbocycles. The summed E-state index contributed by atoms with van der Waals surface area (Å²) < 4.78 is 0. The summed E-state index contributed by atoms with van der Waals surface area (Å²) >= 11 is 0. The van der Waals surface area contributed by atoms with Crippen molar-refractivity contribution in [2.24, 2.45) is 0 Å². The average molecular weight is 739 g/mol. The maximum atomic E-state index is 2.50. The smallest absolute Gasteiger partial charge is 0.0159 e. The number of hydrogen-bond acceptors (Lipinski definition) is 0. The SMILES string of the molecule is CC1(C)c2cc(-c3ccc4c(c3)C(C)(C)c3ccc5ccccc5c3-4)ccc2-c2ccc(-c3c4ccccc4c(-c4cccc5ccccc45)c4ccccc34)cc21. The maximum Gasteiger partial charge on any atom is 0.0159 e. The normalized spacial score (nSPS) is 14.5. The number of benzene rings is 10. The van der Waals surface area contributed by atoms with Crippen LogP contribution in [0.3, 0.4) is 0 Å². The predicted molar refractivity (Wildman–Crippen MR) is 248 cm³/mol. The highest BCUT2D eigenvalue weighted by molar-refractivity contribution is 6.23. The van der Waals surface area contributed by atoms with Gasteiger partial charge in [0.25, 0.3) is 0 Å². The van der Waals surface area contributed by atoms with Gasteiger partial charge in [0, 0.05) is 10.8 Å². The molecule has 0 heterocycles. The van der Waals surface area contributed by atoms with Crippen LogP contribution in [-0.2, 0) is 10.8 Å². The van der Waals surface area contributed by atoms with E-state index in [1.807, 2.05) is 0 Å². The van der Waals surface area contributed by atoms with E-state index in [-0.39, 0.29) is 10.8 Å². The van der Waals surface area contributed by atoms with Gasteiger partial charge in [-0.1, -0.05) is 191 Å². The number of fused-ring (bicyclic) bond motifs is 11. The molecule has 10 aromatic rings. The highest BCUT2D eigenvalue weighted by Crippen LogP contribution is 2.55. The second-order valence-corrected chi connectivity index (χ2v) is 17.6. The molecule has 0 aromatic heterocycles. The molecule has 0 bridgehead atoms. The Bertz CT molecular complexity index is 3330. The van der Waals surface area contributed by atoms with E-state index in [4.69, 9.17) is 0 Å². The predicted octanol–water partition coefficient (Wildman–Crippen LogP) is 15.9. The van der Waals surface area contributed by atoms with Gasteiger partial charge in [0.05, 0.1) is 0 Å². The molecule has 12 rings (SSSR count). The second-order valence-electron chi connectivity index (χ2n) is 17.6. The van der Waals surface area contributed by atoms with Gasteiger partial charge in [-0.2, -0.15) is 0 Å². The Labute approximate surface area is 340 Å². The third kappa shape index (κ3) is 4.52. The van der Waals surface area contributed by atoms with Crippen LogP contribution >= 0.6 is 0 Å². The lowest BCUT2D eigenvalue weighted by atomic mass is 9.79. The molecule has 0 radical (unpaired) electrons. The Morgan fingerprint density at radius 2 is 0.690 bits per heavy atom. The van der Waals surface area contributed by atoms with Gasteiger partial charge in [0.2, 0.25) is 0 Å². The third-order valence-electron chi connectivity index (χ3n) is 13.9. The minimum atomic E-state index is -0.170. The Kier molecular flexibility index (Phi) is 6.84. The molecule has 58 heavy (non-hydrogen) atoms. The van der Waals surface area contributed by atoms with E-state index in [0.717, 1.165) is 0 Å². The summed E-state index contributed by atoms with van der Waals surface area (Å²) in [6, 6.07) is 68.7. The Morgan fingerprint density at radius 1 is 0.259 bits per heavy atom. The second kappa shape index (κ2) is 11.9. The fourth-order valence-corrected chi connectivity index (χ4v) is 10.9. The summed E-state index contributed by atoms with van der Waals surface area (Å²) in [5, 5.41) is 10.3. The van der Waals surface area contributed by atoms with Crippen molar-refractivity contribution in [3.8, 4) is 55.6 Å². The van der Waals surface area contributed by atoms with Crippen molar-refractivity contribution < 1.29 is 0 Å². The lowest BCUT2D eigenvalue weighted by Gasteiger charge is -2.24. The van der Waals surface area contributed by atoms with Crippen molar-refractivity contribution in [1.29, 1.82) is 0 Å². The van der Waals surface area contributed by atoms with E-state index < -0.39 is 0 Å². The first-order valence-corrected chi connectivity index (χ1v) is 20.7. The van der Waals surface area contributed by atoms with Gasteiger partial charge < -0.3 is 0 Å². The van der Waals surface area contributed by atoms with Gasteiger partial charge in [0.15, 0.2) is 0 Å². The molecule has 0 atom stereocenters. The monoisotopic (exact) mass is 738 g/mol. The first-order valence-electron chi connectivity index (χ1n) is 20.7. The number of hydrogen-bond donors (Lipinski definition) is 0. The van der Waals surface area contributed by atoms with E-state index in [1.165, 1.54) is 121 Å². The molecule has 0 nitrogen and oxygen atoms in total. The topological polar surface area (TPSA) is 0 Å². The van der Waals surface area contributed by atoms with Crippen molar-refractivity contribution in [3.05, 3.63) is 204 Å². The van der Waals surface area contributed by atoms with Crippen LogP contribution in [0.1, 0.15) is 49.9 Å². The third-order valence-corrected chi connectivity index (χ3v) is 13.9. The quantitative estimate of drug-likeness (QED) is 0.158. The molecule has 2 aliphatic carbocycles. The first kappa shape index (κ1) is 33.4. The average Bonchev–Trinajstić information content (AvgIpc) is 3.63. The molecule has 2 aliphatic rings. The minimum absolute atomic E-state index is 0.0746. The van der Waals surface area contributed by atoms with Gasteiger partial charge in [0.1, 0.15) is 0 Å². The van der Waals surface area contributed by atoms with Crippen LogP contribution in [0.15, 0.2) is 182 Å². The Balaban J connectivity index is 0.987. The van der Waals surface area contributed by atoms with Gasteiger partial charge in [-0.15, -0.1) is 0 Å². The molecule has 0 heteroatoms. The summed E-state index contributed by atoms with van der Waals surface area (Å²) in [5.41, 5.74) is 18.5. The highest BCUT2D eigenvalue weighted by atomic mass is 14.4. The van der Waals surface area contributed by atoms with Crippen LogP contribution in [0.4, 0.5) is 0 Å². The number of rotatable bonds is 3. The van der Waals surface area contributed by atoms with E-state index in [1.54, 1.807) is 0 Å². The van der Waals surface area contributed by atoms with E-state index in [0.29, 0.717) is 0 Å². The fraction of sp³-hybridized carbons (Fsp3) is 0.103. The molecule has 10 aromatic carbocycles. The summed E-state index contributed by atoms with van der Waals surface area (Å²) in [6.07, 6.45) is 0. The van der Waals surface area contributed by atoms with E-state index in [9.17, 15) is 0 Å². The van der Waals surface area contributed by atoms with Gasteiger partial charge in [-0.3, -0.25) is 0 Å². The lowest BCUT2D eigenvalue weighted by Crippen LogP contribution is -2.15.